The molecule has 120 valence electrons. The molecule has 0 radical (unpaired) electrons. The van der Waals surface area contributed by atoms with Gasteiger partial charge in [-0.05, 0) is 11.4 Å². The van der Waals surface area contributed by atoms with Gasteiger partial charge in [0.2, 0.25) is 5.91 Å². The average Bonchev–Trinajstić information content (AvgIpc) is 3.13. The molecule has 2 aliphatic rings. The van der Waals surface area contributed by atoms with Crippen LogP contribution in [-0.4, -0.2) is 66.2 Å². The first-order chi connectivity index (χ1) is 10.7. The summed E-state index contributed by atoms with van der Waals surface area (Å²) >= 11 is 1.52. The van der Waals surface area contributed by atoms with Gasteiger partial charge in [-0.3, -0.25) is 14.5 Å². The van der Waals surface area contributed by atoms with Crippen molar-refractivity contribution < 1.29 is 19.4 Å². The molecule has 3 rings (SSSR count). The third-order valence-electron chi connectivity index (χ3n) is 4.34. The van der Waals surface area contributed by atoms with Gasteiger partial charge >= 0.3 is 5.97 Å². The van der Waals surface area contributed by atoms with Crippen molar-refractivity contribution in [3.05, 3.63) is 22.4 Å². The first-order valence-electron chi connectivity index (χ1n) is 7.52. The van der Waals surface area contributed by atoms with Crippen molar-refractivity contribution in [2.45, 2.75) is 12.5 Å². The van der Waals surface area contributed by atoms with E-state index in [1.807, 2.05) is 17.5 Å². The smallest absolute Gasteiger partial charge is 0.309 e. The summed E-state index contributed by atoms with van der Waals surface area (Å²) in [4.78, 5) is 28.8. The molecule has 0 aliphatic carbocycles. The zero-order chi connectivity index (χ0) is 15.5. The molecular weight excluding hydrogens is 304 g/mol. The summed E-state index contributed by atoms with van der Waals surface area (Å²) in [7, 11) is 0. The van der Waals surface area contributed by atoms with Crippen LogP contribution >= 0.6 is 11.3 Å². The molecule has 2 aliphatic heterocycles. The molecule has 7 heteroatoms. The molecule has 22 heavy (non-hydrogen) atoms. The van der Waals surface area contributed by atoms with Crippen LogP contribution in [0.2, 0.25) is 0 Å². The second kappa shape index (κ2) is 6.76. The lowest BCUT2D eigenvalue weighted by Crippen LogP contribution is -2.42. The van der Waals surface area contributed by atoms with E-state index in [0.717, 1.165) is 37.7 Å². The molecule has 1 amide bonds. The van der Waals surface area contributed by atoms with Crippen molar-refractivity contribution in [3.63, 3.8) is 0 Å². The molecule has 1 N–H and O–H groups in total. The first kappa shape index (κ1) is 15.5. The molecule has 2 atom stereocenters. The Balaban J connectivity index is 1.72. The van der Waals surface area contributed by atoms with Crippen LogP contribution in [0.4, 0.5) is 0 Å². The van der Waals surface area contributed by atoms with Crippen molar-refractivity contribution in [1.82, 2.24) is 9.80 Å². The number of amides is 1. The quantitative estimate of drug-likeness (QED) is 0.877. The highest BCUT2D eigenvalue weighted by Crippen LogP contribution is 2.40. The van der Waals surface area contributed by atoms with Crippen molar-refractivity contribution in [2.24, 2.45) is 5.92 Å². The molecule has 0 spiro atoms. The van der Waals surface area contributed by atoms with E-state index < -0.39 is 11.9 Å². The number of aliphatic carboxylic acids is 1. The summed E-state index contributed by atoms with van der Waals surface area (Å²) in [5, 5.41) is 11.4. The second-order valence-electron chi connectivity index (χ2n) is 5.65. The Labute approximate surface area is 133 Å². The zero-order valence-corrected chi connectivity index (χ0v) is 13.1. The molecule has 3 heterocycles. The molecule has 1 aromatic heterocycles. The van der Waals surface area contributed by atoms with Crippen LogP contribution in [0.1, 0.15) is 17.3 Å². The van der Waals surface area contributed by atoms with Gasteiger partial charge in [-0.25, -0.2) is 0 Å². The summed E-state index contributed by atoms with van der Waals surface area (Å²) in [5.74, 6) is -1.59. The minimum Gasteiger partial charge on any atom is -0.481 e. The number of rotatable bonds is 5. The topological polar surface area (TPSA) is 70.1 Å². The fourth-order valence-electron chi connectivity index (χ4n) is 3.16. The molecule has 0 aromatic carbocycles. The van der Waals surface area contributed by atoms with E-state index in [-0.39, 0.29) is 18.4 Å². The standard InChI is InChI=1S/C15H20N2O4S/c18-13-10-11(15(19)20)14(12-2-1-9-22-12)17(13)4-3-16-5-7-21-8-6-16/h1-2,9,11,14H,3-8,10H2,(H,19,20)/t11-,14-/m1/s1. The summed E-state index contributed by atoms with van der Waals surface area (Å²) in [6.07, 6.45) is 0.0982. The third kappa shape index (κ3) is 3.16. The van der Waals surface area contributed by atoms with Gasteiger partial charge in [-0.2, -0.15) is 0 Å². The maximum Gasteiger partial charge on any atom is 0.309 e. The van der Waals surface area contributed by atoms with Crippen molar-refractivity contribution in [1.29, 1.82) is 0 Å². The van der Waals surface area contributed by atoms with Gasteiger partial charge in [0.05, 0.1) is 25.2 Å². The lowest BCUT2D eigenvalue weighted by Gasteiger charge is -2.31. The van der Waals surface area contributed by atoms with Crippen molar-refractivity contribution in [2.75, 3.05) is 39.4 Å². The Morgan fingerprint density at radius 3 is 2.77 bits per heavy atom. The highest BCUT2D eigenvalue weighted by Gasteiger charge is 2.44. The number of thiophene rings is 1. The average molecular weight is 324 g/mol. The maximum absolute atomic E-state index is 12.3. The Bertz CT molecular complexity index is 528. The number of nitrogens with zero attached hydrogens (tertiary/aromatic N) is 2. The molecule has 2 saturated heterocycles. The number of hydrogen-bond acceptors (Lipinski definition) is 5. The van der Waals surface area contributed by atoms with Crippen molar-refractivity contribution in [3.8, 4) is 0 Å². The van der Waals surface area contributed by atoms with E-state index in [9.17, 15) is 14.7 Å². The summed E-state index contributed by atoms with van der Waals surface area (Å²) in [6.45, 7) is 4.52. The molecule has 0 saturated carbocycles. The third-order valence-corrected chi connectivity index (χ3v) is 5.29. The van der Waals surface area contributed by atoms with E-state index in [4.69, 9.17) is 4.74 Å². The van der Waals surface area contributed by atoms with E-state index >= 15 is 0 Å². The number of carboxylic acid groups (broad SMARTS) is 1. The van der Waals surface area contributed by atoms with Gasteiger partial charge in [-0.15, -0.1) is 11.3 Å². The maximum atomic E-state index is 12.3. The summed E-state index contributed by atoms with van der Waals surface area (Å²) in [5.41, 5.74) is 0. The van der Waals surface area contributed by atoms with Gasteiger partial charge in [0.25, 0.3) is 0 Å². The van der Waals surface area contributed by atoms with Crippen LogP contribution < -0.4 is 0 Å². The highest BCUT2D eigenvalue weighted by molar-refractivity contribution is 7.10. The van der Waals surface area contributed by atoms with Crippen LogP contribution in [-0.2, 0) is 14.3 Å². The lowest BCUT2D eigenvalue weighted by molar-refractivity contribution is -0.142. The fourth-order valence-corrected chi connectivity index (χ4v) is 4.06. The Morgan fingerprint density at radius 1 is 1.36 bits per heavy atom. The van der Waals surface area contributed by atoms with Gasteiger partial charge < -0.3 is 14.7 Å². The van der Waals surface area contributed by atoms with Gasteiger partial charge in [0.15, 0.2) is 0 Å². The summed E-state index contributed by atoms with van der Waals surface area (Å²) < 4.78 is 5.32. The monoisotopic (exact) mass is 324 g/mol. The Morgan fingerprint density at radius 2 is 2.14 bits per heavy atom. The predicted molar refractivity (Wildman–Crippen MR) is 81.8 cm³/mol. The predicted octanol–water partition coefficient (Wildman–Crippen LogP) is 1.05. The van der Waals surface area contributed by atoms with Crippen LogP contribution in [0.25, 0.3) is 0 Å². The number of carbonyl (C=O) groups is 2. The minimum absolute atomic E-state index is 0.0564. The van der Waals surface area contributed by atoms with Crippen LogP contribution in [0.3, 0.4) is 0 Å². The zero-order valence-electron chi connectivity index (χ0n) is 12.3. The Hall–Kier alpha value is -1.44. The van der Waals surface area contributed by atoms with Crippen LogP contribution in [0.5, 0.6) is 0 Å². The number of carboxylic acids is 1. The van der Waals surface area contributed by atoms with Crippen LogP contribution in [0, 0.1) is 5.92 Å². The number of morpholine rings is 1. The van der Waals surface area contributed by atoms with E-state index in [1.54, 1.807) is 4.90 Å². The number of carbonyl (C=O) groups excluding carboxylic acids is 1. The normalized spacial score (nSPS) is 26.5. The summed E-state index contributed by atoms with van der Waals surface area (Å²) in [6, 6.07) is 3.50. The molecule has 2 fully saturated rings. The number of ether oxygens (including phenoxy) is 1. The number of likely N-dealkylation sites (tertiary alicyclic amines) is 1. The van der Waals surface area contributed by atoms with Gasteiger partial charge in [0.1, 0.15) is 0 Å². The second-order valence-corrected chi connectivity index (χ2v) is 6.63. The molecule has 1 aromatic rings. The van der Waals surface area contributed by atoms with E-state index in [1.165, 1.54) is 11.3 Å². The lowest BCUT2D eigenvalue weighted by atomic mass is 9.99. The minimum atomic E-state index is -0.888. The molecular formula is C15H20N2O4S. The molecule has 0 unspecified atom stereocenters. The Kier molecular flexibility index (Phi) is 4.75. The molecule has 0 bridgehead atoms. The van der Waals surface area contributed by atoms with Gasteiger partial charge in [-0.1, -0.05) is 6.07 Å². The van der Waals surface area contributed by atoms with Gasteiger partial charge in [0, 0.05) is 37.5 Å². The first-order valence-corrected chi connectivity index (χ1v) is 8.40. The van der Waals surface area contributed by atoms with Crippen molar-refractivity contribution >= 4 is 23.2 Å². The number of hydrogen-bond donors (Lipinski definition) is 1. The van der Waals surface area contributed by atoms with E-state index in [2.05, 4.69) is 4.90 Å². The van der Waals surface area contributed by atoms with E-state index in [0.29, 0.717) is 6.54 Å². The fraction of sp³-hybridized carbons (Fsp3) is 0.600. The SMILES string of the molecule is O=C(O)[C@@H]1CC(=O)N(CCN2CCOCC2)[C@H]1c1cccs1. The highest BCUT2D eigenvalue weighted by atomic mass is 32.1. The van der Waals surface area contributed by atoms with Crippen LogP contribution in [0.15, 0.2) is 17.5 Å². The largest absolute Gasteiger partial charge is 0.481 e. The molecule has 6 nitrogen and oxygen atoms in total.